The summed E-state index contributed by atoms with van der Waals surface area (Å²) in [6.07, 6.45) is 2.10. The molecule has 3 N–H and O–H groups in total. The maximum Gasteiger partial charge on any atom is 0.328 e. The highest BCUT2D eigenvalue weighted by atomic mass is 16.5. The maximum absolute atomic E-state index is 13.1. The number of carbonyl (C=O) groups is 2. The molecule has 10 nitrogen and oxygen atoms in total. The summed E-state index contributed by atoms with van der Waals surface area (Å²) in [5.41, 5.74) is 2.17. The SMILES string of the molecule is COc1ccc(C(C)(C)C)cc1NC(=O)Nc1ccc(Oc2ccnc(NC3CCOC3=O)n2)c2ccccc12. The number of esters is 1. The van der Waals surface area contributed by atoms with Gasteiger partial charge in [-0.3, -0.25) is 0 Å². The van der Waals surface area contributed by atoms with Crippen LogP contribution in [-0.4, -0.2) is 41.7 Å². The number of amides is 2. The Balaban J connectivity index is 1.35. The van der Waals surface area contributed by atoms with Crippen LogP contribution in [0.4, 0.5) is 22.1 Å². The zero-order valence-corrected chi connectivity index (χ0v) is 22.8. The number of urea groups is 1. The summed E-state index contributed by atoms with van der Waals surface area (Å²) < 4.78 is 16.5. The van der Waals surface area contributed by atoms with Gasteiger partial charge in [-0.25, -0.2) is 14.6 Å². The summed E-state index contributed by atoms with van der Waals surface area (Å²) in [5.74, 6) is 1.37. The maximum atomic E-state index is 13.1. The number of nitrogens with zero attached hydrogens (tertiary/aromatic N) is 2. The zero-order valence-electron chi connectivity index (χ0n) is 22.8. The number of benzene rings is 3. The Hall–Kier alpha value is -4.86. The number of anilines is 3. The number of carbonyl (C=O) groups excluding carboxylic acids is 2. The van der Waals surface area contributed by atoms with Gasteiger partial charge in [0.25, 0.3) is 0 Å². The number of hydrogen-bond acceptors (Lipinski definition) is 8. The molecule has 1 aliphatic heterocycles. The fourth-order valence-corrected chi connectivity index (χ4v) is 4.38. The summed E-state index contributed by atoms with van der Waals surface area (Å²) in [4.78, 5) is 33.4. The molecule has 0 radical (unpaired) electrons. The van der Waals surface area contributed by atoms with Gasteiger partial charge in [-0.1, -0.05) is 51.1 Å². The van der Waals surface area contributed by atoms with Crippen LogP contribution in [0.2, 0.25) is 0 Å². The van der Waals surface area contributed by atoms with E-state index >= 15 is 0 Å². The molecule has 2 amide bonds. The zero-order chi connectivity index (χ0) is 28.3. The highest BCUT2D eigenvalue weighted by Gasteiger charge is 2.27. The molecule has 0 spiro atoms. The first kappa shape index (κ1) is 26.7. The van der Waals surface area contributed by atoms with Gasteiger partial charge in [0.05, 0.1) is 25.1 Å². The van der Waals surface area contributed by atoms with Crippen LogP contribution in [0.3, 0.4) is 0 Å². The van der Waals surface area contributed by atoms with Crippen molar-refractivity contribution in [3.05, 3.63) is 72.4 Å². The van der Waals surface area contributed by atoms with E-state index in [1.54, 1.807) is 31.5 Å². The van der Waals surface area contributed by atoms with Gasteiger partial charge >= 0.3 is 12.0 Å². The van der Waals surface area contributed by atoms with Crippen molar-refractivity contribution in [1.29, 1.82) is 0 Å². The molecule has 0 aliphatic carbocycles. The van der Waals surface area contributed by atoms with Crippen LogP contribution in [0.15, 0.2) is 66.9 Å². The van der Waals surface area contributed by atoms with Crippen molar-refractivity contribution in [1.82, 2.24) is 9.97 Å². The van der Waals surface area contributed by atoms with E-state index in [4.69, 9.17) is 14.2 Å². The number of aromatic nitrogens is 2. The summed E-state index contributed by atoms with van der Waals surface area (Å²) in [6, 6.07) is 17.6. The average molecular weight is 542 g/mol. The monoisotopic (exact) mass is 541 g/mol. The van der Waals surface area contributed by atoms with Crippen LogP contribution in [0.25, 0.3) is 10.8 Å². The van der Waals surface area contributed by atoms with Gasteiger partial charge in [-0.05, 0) is 35.2 Å². The van der Waals surface area contributed by atoms with Crippen molar-refractivity contribution in [2.75, 3.05) is 29.7 Å². The lowest BCUT2D eigenvalue weighted by atomic mass is 9.87. The Kier molecular flexibility index (Phi) is 7.41. The number of hydrogen-bond donors (Lipinski definition) is 3. The normalized spacial score (nSPS) is 14.9. The molecule has 4 aromatic rings. The first-order valence-corrected chi connectivity index (χ1v) is 12.9. The molecule has 206 valence electrons. The molecular weight excluding hydrogens is 510 g/mol. The number of ether oxygens (including phenoxy) is 3. The van der Waals surface area contributed by atoms with E-state index in [0.717, 1.165) is 16.3 Å². The predicted molar refractivity (Wildman–Crippen MR) is 153 cm³/mol. The topological polar surface area (TPSA) is 124 Å². The van der Waals surface area contributed by atoms with Crippen LogP contribution in [0.5, 0.6) is 17.4 Å². The second-order valence-corrected chi connectivity index (χ2v) is 10.4. The minimum atomic E-state index is -0.483. The van der Waals surface area contributed by atoms with E-state index in [1.807, 2.05) is 42.5 Å². The summed E-state index contributed by atoms with van der Waals surface area (Å²) in [6.45, 7) is 6.70. The molecule has 1 atom stereocenters. The largest absolute Gasteiger partial charge is 0.495 e. The van der Waals surface area contributed by atoms with Crippen LogP contribution in [-0.2, 0) is 14.9 Å². The van der Waals surface area contributed by atoms with Crippen molar-refractivity contribution in [3.63, 3.8) is 0 Å². The molecule has 1 unspecified atom stereocenters. The molecule has 3 aromatic carbocycles. The summed E-state index contributed by atoms with van der Waals surface area (Å²) >= 11 is 0. The summed E-state index contributed by atoms with van der Waals surface area (Å²) in [7, 11) is 1.57. The summed E-state index contributed by atoms with van der Waals surface area (Å²) in [5, 5.41) is 10.4. The Bertz CT molecular complexity index is 1570. The number of cyclic esters (lactones) is 1. The van der Waals surface area contributed by atoms with E-state index in [0.29, 0.717) is 41.8 Å². The second-order valence-electron chi connectivity index (χ2n) is 10.4. The van der Waals surface area contributed by atoms with Gasteiger partial charge in [-0.2, -0.15) is 4.98 Å². The molecule has 40 heavy (non-hydrogen) atoms. The quantitative estimate of drug-likeness (QED) is 0.240. The number of nitrogens with one attached hydrogen (secondary N) is 3. The molecular formula is C30H31N5O5. The van der Waals surface area contributed by atoms with Crippen molar-refractivity contribution in [2.45, 2.75) is 38.6 Å². The minimum absolute atomic E-state index is 0.0892. The molecule has 1 fully saturated rings. The lowest BCUT2D eigenvalue weighted by Gasteiger charge is -2.21. The van der Waals surface area contributed by atoms with Crippen molar-refractivity contribution in [2.24, 2.45) is 0 Å². The fourth-order valence-electron chi connectivity index (χ4n) is 4.38. The highest BCUT2D eigenvalue weighted by molar-refractivity contribution is 6.08. The smallest absolute Gasteiger partial charge is 0.328 e. The second kappa shape index (κ2) is 11.1. The van der Waals surface area contributed by atoms with E-state index in [9.17, 15) is 9.59 Å². The van der Waals surface area contributed by atoms with Crippen molar-refractivity contribution >= 4 is 40.1 Å². The Morgan fingerprint density at radius 1 is 0.975 bits per heavy atom. The predicted octanol–water partition coefficient (Wildman–Crippen LogP) is 6.10. The Morgan fingerprint density at radius 3 is 2.45 bits per heavy atom. The molecule has 0 saturated carbocycles. The van der Waals surface area contributed by atoms with Crippen molar-refractivity contribution < 1.29 is 23.8 Å². The van der Waals surface area contributed by atoms with Gasteiger partial charge in [0.15, 0.2) is 0 Å². The first-order valence-electron chi connectivity index (χ1n) is 12.9. The average Bonchev–Trinajstić information content (AvgIpc) is 3.33. The Morgan fingerprint density at radius 2 is 1.73 bits per heavy atom. The third-order valence-electron chi connectivity index (χ3n) is 6.53. The molecule has 5 rings (SSSR count). The minimum Gasteiger partial charge on any atom is -0.495 e. The van der Waals surface area contributed by atoms with E-state index in [1.165, 1.54) is 0 Å². The van der Waals surface area contributed by atoms with Gasteiger partial charge in [0.1, 0.15) is 17.5 Å². The number of rotatable bonds is 7. The molecule has 0 bridgehead atoms. The molecule has 2 heterocycles. The van der Waals surface area contributed by atoms with E-state index < -0.39 is 12.1 Å². The van der Waals surface area contributed by atoms with Crippen LogP contribution in [0, 0.1) is 0 Å². The van der Waals surface area contributed by atoms with Gasteiger partial charge < -0.3 is 30.2 Å². The van der Waals surface area contributed by atoms with Crippen LogP contribution < -0.4 is 25.4 Å². The lowest BCUT2D eigenvalue weighted by molar-refractivity contribution is -0.138. The molecule has 1 aliphatic rings. The molecule has 1 saturated heterocycles. The van der Waals surface area contributed by atoms with Gasteiger partial charge in [-0.15, -0.1) is 0 Å². The molecule has 10 heteroatoms. The van der Waals surface area contributed by atoms with E-state index in [-0.39, 0.29) is 17.3 Å². The fraction of sp³-hybridized carbons (Fsp3) is 0.267. The number of fused-ring (bicyclic) bond motifs is 1. The van der Waals surface area contributed by atoms with Gasteiger partial charge in [0, 0.05) is 29.5 Å². The van der Waals surface area contributed by atoms with Crippen molar-refractivity contribution in [3.8, 4) is 17.4 Å². The Labute approximate surface area is 232 Å². The van der Waals surface area contributed by atoms with Crippen LogP contribution in [0.1, 0.15) is 32.8 Å². The van der Waals surface area contributed by atoms with E-state index in [2.05, 4.69) is 46.7 Å². The first-order chi connectivity index (χ1) is 19.2. The third kappa shape index (κ3) is 5.90. The number of methoxy groups -OCH3 is 1. The highest BCUT2D eigenvalue weighted by Crippen LogP contribution is 2.35. The standard InChI is InChI=1S/C30H31N5O5/c1-30(2,3)18-9-11-25(38-4)23(17-18)34-29(37)33-21-10-12-24(20-8-6-5-7-19(20)21)40-26-13-15-31-28(35-26)32-22-14-16-39-27(22)36/h5-13,15,17,22H,14,16H2,1-4H3,(H,31,32,35)(H2,33,34,37). The van der Waals surface area contributed by atoms with Gasteiger partial charge in [0.2, 0.25) is 11.8 Å². The lowest BCUT2D eigenvalue weighted by Crippen LogP contribution is -2.25. The van der Waals surface area contributed by atoms with Crippen LogP contribution >= 0.6 is 0 Å². The third-order valence-corrected chi connectivity index (χ3v) is 6.53. The molecule has 1 aromatic heterocycles.